The van der Waals surface area contributed by atoms with Crippen LogP contribution in [0.5, 0.6) is 0 Å². The second-order valence-electron chi connectivity index (χ2n) is 5.08. The van der Waals surface area contributed by atoms with Gasteiger partial charge in [-0.2, -0.15) is 0 Å². The number of imide groups is 1. The minimum absolute atomic E-state index is 0.00720. The normalized spacial score (nSPS) is 18.6. The summed E-state index contributed by atoms with van der Waals surface area (Å²) in [7, 11) is 0. The fourth-order valence-corrected chi connectivity index (χ4v) is 2.05. The number of halogens is 1. The van der Waals surface area contributed by atoms with E-state index in [0.29, 0.717) is 5.56 Å². The molecule has 0 spiro atoms. The molecule has 1 aliphatic rings. The number of benzene rings is 1. The molecule has 1 aliphatic heterocycles. The molecule has 1 heterocycles. The van der Waals surface area contributed by atoms with Crippen molar-refractivity contribution in [2.45, 2.75) is 26.8 Å². The molecule has 5 heteroatoms. The average molecular weight is 250 g/mol. The number of amides is 2. The molecule has 0 radical (unpaired) electrons. The van der Waals surface area contributed by atoms with Crippen molar-refractivity contribution >= 4 is 17.5 Å². The fraction of sp³-hybridized carbons (Fsp3) is 0.385. The van der Waals surface area contributed by atoms with Crippen LogP contribution in [0.25, 0.3) is 0 Å². The molecule has 0 aliphatic carbocycles. The first-order valence-corrected chi connectivity index (χ1v) is 5.72. The summed E-state index contributed by atoms with van der Waals surface area (Å²) >= 11 is 0. The number of rotatable bonds is 2. The second-order valence-corrected chi connectivity index (χ2v) is 5.08. The number of carbonyl (C=O) groups is 2. The van der Waals surface area contributed by atoms with Crippen LogP contribution < -0.4 is 10.6 Å². The lowest BCUT2D eigenvalue weighted by molar-refractivity contribution is -0.124. The molecular weight excluding hydrogens is 235 g/mol. The summed E-state index contributed by atoms with van der Waals surface area (Å²) in [5.41, 5.74) is 5.27. The van der Waals surface area contributed by atoms with E-state index in [1.165, 1.54) is 12.1 Å². The largest absolute Gasteiger partial charge is 0.326 e. The maximum Gasteiger partial charge on any atom is 0.240 e. The highest BCUT2D eigenvalue weighted by Crippen LogP contribution is 2.36. The molecule has 0 bridgehead atoms. The Balaban J connectivity index is 2.44. The Morgan fingerprint density at radius 1 is 1.39 bits per heavy atom. The molecule has 1 fully saturated rings. The van der Waals surface area contributed by atoms with Gasteiger partial charge in [-0.1, -0.05) is 19.9 Å². The summed E-state index contributed by atoms with van der Waals surface area (Å²) in [6.45, 7) is 3.57. The predicted molar refractivity (Wildman–Crippen MR) is 65.2 cm³/mol. The monoisotopic (exact) mass is 250 g/mol. The van der Waals surface area contributed by atoms with Crippen LogP contribution in [-0.4, -0.2) is 11.8 Å². The third kappa shape index (κ3) is 1.90. The van der Waals surface area contributed by atoms with Crippen LogP contribution in [0, 0.1) is 11.2 Å². The van der Waals surface area contributed by atoms with E-state index < -0.39 is 11.2 Å². The third-order valence-electron chi connectivity index (χ3n) is 3.11. The summed E-state index contributed by atoms with van der Waals surface area (Å²) < 4.78 is 13.9. The van der Waals surface area contributed by atoms with Crippen molar-refractivity contribution < 1.29 is 14.0 Å². The molecule has 1 aromatic carbocycles. The van der Waals surface area contributed by atoms with Gasteiger partial charge in [0.2, 0.25) is 11.8 Å². The predicted octanol–water partition coefficient (Wildman–Crippen LogP) is 1.57. The topological polar surface area (TPSA) is 63.4 Å². The van der Waals surface area contributed by atoms with Crippen molar-refractivity contribution in [3.8, 4) is 0 Å². The van der Waals surface area contributed by atoms with Crippen molar-refractivity contribution in [3.05, 3.63) is 29.6 Å². The number of carbonyl (C=O) groups excluding carboxylic acids is 2. The molecule has 4 nitrogen and oxygen atoms in total. The van der Waals surface area contributed by atoms with Gasteiger partial charge in [0.05, 0.1) is 11.1 Å². The molecule has 18 heavy (non-hydrogen) atoms. The van der Waals surface area contributed by atoms with Gasteiger partial charge in [0.1, 0.15) is 5.82 Å². The lowest BCUT2D eigenvalue weighted by Crippen LogP contribution is -2.33. The molecule has 96 valence electrons. The SMILES string of the molecule is CC1(C)CC(=O)N(c2ccc(CN)cc2F)C1=O. The molecule has 2 N–H and O–H groups in total. The van der Waals surface area contributed by atoms with Gasteiger partial charge in [-0.15, -0.1) is 0 Å². The van der Waals surface area contributed by atoms with E-state index in [4.69, 9.17) is 5.73 Å². The molecular formula is C13H15FN2O2. The van der Waals surface area contributed by atoms with Gasteiger partial charge < -0.3 is 5.73 Å². The number of anilines is 1. The van der Waals surface area contributed by atoms with Crippen LogP contribution in [0.2, 0.25) is 0 Å². The highest BCUT2D eigenvalue weighted by molar-refractivity contribution is 6.22. The van der Waals surface area contributed by atoms with E-state index in [2.05, 4.69) is 0 Å². The Morgan fingerprint density at radius 2 is 2.06 bits per heavy atom. The van der Waals surface area contributed by atoms with E-state index in [-0.39, 0.29) is 30.5 Å². The summed E-state index contributed by atoms with van der Waals surface area (Å²) in [6, 6.07) is 4.29. The van der Waals surface area contributed by atoms with E-state index in [1.54, 1.807) is 19.9 Å². The first-order valence-electron chi connectivity index (χ1n) is 5.72. The minimum atomic E-state index is -0.768. The fourth-order valence-electron chi connectivity index (χ4n) is 2.05. The molecule has 0 aromatic heterocycles. The second kappa shape index (κ2) is 4.17. The van der Waals surface area contributed by atoms with E-state index in [0.717, 1.165) is 4.90 Å². The average Bonchev–Trinajstić information content (AvgIpc) is 2.49. The molecule has 0 saturated carbocycles. The molecule has 1 aromatic rings. The zero-order valence-corrected chi connectivity index (χ0v) is 10.4. The molecule has 0 unspecified atom stereocenters. The summed E-state index contributed by atoms with van der Waals surface area (Å²) in [5.74, 6) is -1.34. The van der Waals surface area contributed by atoms with Gasteiger partial charge in [-0.3, -0.25) is 9.59 Å². The Hall–Kier alpha value is -1.75. The lowest BCUT2D eigenvalue weighted by Gasteiger charge is -2.18. The molecule has 2 amide bonds. The van der Waals surface area contributed by atoms with Crippen LogP contribution in [0.1, 0.15) is 25.8 Å². The van der Waals surface area contributed by atoms with Gasteiger partial charge in [-0.25, -0.2) is 9.29 Å². The number of nitrogens with two attached hydrogens (primary N) is 1. The Kier molecular flexibility index (Phi) is 2.94. The van der Waals surface area contributed by atoms with Crippen molar-refractivity contribution in [2.75, 3.05) is 4.90 Å². The molecule has 2 rings (SSSR count). The van der Waals surface area contributed by atoms with Crippen molar-refractivity contribution in [1.29, 1.82) is 0 Å². The number of hydrogen-bond acceptors (Lipinski definition) is 3. The Labute approximate surface area is 105 Å². The van der Waals surface area contributed by atoms with Gasteiger partial charge in [0.15, 0.2) is 0 Å². The highest BCUT2D eigenvalue weighted by Gasteiger charge is 2.46. The van der Waals surface area contributed by atoms with Gasteiger partial charge in [-0.05, 0) is 17.7 Å². The summed E-state index contributed by atoms with van der Waals surface area (Å²) in [5, 5.41) is 0. The Morgan fingerprint density at radius 3 is 2.50 bits per heavy atom. The zero-order valence-electron chi connectivity index (χ0n) is 10.4. The smallest absolute Gasteiger partial charge is 0.240 e. The Bertz CT molecular complexity index is 526. The molecule has 1 saturated heterocycles. The maximum absolute atomic E-state index is 13.9. The van der Waals surface area contributed by atoms with Crippen LogP contribution in [-0.2, 0) is 16.1 Å². The first-order chi connectivity index (χ1) is 8.36. The van der Waals surface area contributed by atoms with Crippen molar-refractivity contribution in [1.82, 2.24) is 0 Å². The molecule has 0 atom stereocenters. The number of hydrogen-bond donors (Lipinski definition) is 1. The van der Waals surface area contributed by atoms with Crippen molar-refractivity contribution in [3.63, 3.8) is 0 Å². The van der Waals surface area contributed by atoms with Crippen LogP contribution in [0.3, 0.4) is 0 Å². The standard InChI is InChI=1S/C13H15FN2O2/c1-13(2)6-11(17)16(12(13)18)10-4-3-8(7-15)5-9(10)14/h3-5H,6-7,15H2,1-2H3. The summed E-state index contributed by atoms with van der Waals surface area (Å²) in [6.07, 6.45) is 0.101. The van der Waals surface area contributed by atoms with E-state index in [1.807, 2.05) is 0 Å². The van der Waals surface area contributed by atoms with Crippen molar-refractivity contribution in [2.24, 2.45) is 11.1 Å². The van der Waals surface area contributed by atoms with Gasteiger partial charge in [0.25, 0.3) is 0 Å². The quantitative estimate of drug-likeness (QED) is 0.810. The summed E-state index contributed by atoms with van der Waals surface area (Å²) in [4.78, 5) is 24.8. The van der Waals surface area contributed by atoms with E-state index in [9.17, 15) is 14.0 Å². The third-order valence-corrected chi connectivity index (χ3v) is 3.11. The van der Waals surface area contributed by atoms with Crippen LogP contribution in [0.15, 0.2) is 18.2 Å². The maximum atomic E-state index is 13.9. The minimum Gasteiger partial charge on any atom is -0.326 e. The van der Waals surface area contributed by atoms with Crippen LogP contribution >= 0.6 is 0 Å². The first kappa shape index (κ1) is 12.7. The van der Waals surface area contributed by atoms with Gasteiger partial charge in [0, 0.05) is 13.0 Å². The number of nitrogens with zero attached hydrogens (tertiary/aromatic N) is 1. The zero-order chi connectivity index (χ0) is 13.5. The van der Waals surface area contributed by atoms with E-state index >= 15 is 0 Å². The van der Waals surface area contributed by atoms with Gasteiger partial charge >= 0.3 is 0 Å². The highest BCUT2D eigenvalue weighted by atomic mass is 19.1. The lowest BCUT2D eigenvalue weighted by atomic mass is 9.92. The van der Waals surface area contributed by atoms with Crippen LogP contribution in [0.4, 0.5) is 10.1 Å².